The van der Waals surface area contributed by atoms with Crippen LogP contribution >= 0.6 is 0 Å². The zero-order valence-electron chi connectivity index (χ0n) is 13.6. The molecular weight excluding hydrogens is 284 g/mol. The van der Waals surface area contributed by atoms with Crippen LogP contribution in [0, 0.1) is 0 Å². The first-order valence-electron chi connectivity index (χ1n) is 8.36. The molecule has 23 heavy (non-hydrogen) atoms. The molecule has 120 valence electrons. The number of piperidine rings is 1. The molecule has 0 saturated carbocycles. The number of nitrogens with two attached hydrogens (primary N) is 1. The maximum Gasteiger partial charge on any atom is 0.253 e. The largest absolute Gasteiger partial charge is 0.336 e. The Labute approximate surface area is 138 Å². The van der Waals surface area contributed by atoms with Gasteiger partial charge in [-0.3, -0.25) is 4.79 Å². The van der Waals surface area contributed by atoms with E-state index >= 15 is 0 Å². The SMILES string of the molecule is CCc1ccc(C2CC(N)CN(C(=O)c3ccccc3)C2)cc1. The normalized spacial score (nSPS) is 21.2. The van der Waals surface area contributed by atoms with Gasteiger partial charge in [-0.1, -0.05) is 49.4 Å². The van der Waals surface area contributed by atoms with Gasteiger partial charge >= 0.3 is 0 Å². The average molecular weight is 308 g/mol. The first kappa shape index (κ1) is 15.8. The summed E-state index contributed by atoms with van der Waals surface area (Å²) in [5, 5.41) is 0. The van der Waals surface area contributed by atoms with Crippen LogP contribution in [0.1, 0.15) is 40.7 Å². The number of hydrogen-bond donors (Lipinski definition) is 1. The fourth-order valence-electron chi connectivity index (χ4n) is 3.33. The second kappa shape index (κ2) is 6.97. The summed E-state index contributed by atoms with van der Waals surface area (Å²) in [6.07, 6.45) is 1.98. The second-order valence-electron chi connectivity index (χ2n) is 6.36. The highest BCUT2D eigenvalue weighted by Gasteiger charge is 2.29. The van der Waals surface area contributed by atoms with Crippen molar-refractivity contribution in [3.63, 3.8) is 0 Å². The van der Waals surface area contributed by atoms with Crippen LogP contribution in [0.4, 0.5) is 0 Å². The third-order valence-corrected chi connectivity index (χ3v) is 4.65. The number of amides is 1. The molecular formula is C20H24N2O. The summed E-state index contributed by atoms with van der Waals surface area (Å²) in [5.74, 6) is 0.397. The molecule has 3 nitrogen and oxygen atoms in total. The fourth-order valence-corrected chi connectivity index (χ4v) is 3.33. The topological polar surface area (TPSA) is 46.3 Å². The number of nitrogens with zero attached hydrogens (tertiary/aromatic N) is 1. The summed E-state index contributed by atoms with van der Waals surface area (Å²) in [6.45, 7) is 3.54. The Morgan fingerprint density at radius 2 is 1.78 bits per heavy atom. The van der Waals surface area contributed by atoms with E-state index in [-0.39, 0.29) is 11.9 Å². The van der Waals surface area contributed by atoms with Crippen LogP contribution in [0.25, 0.3) is 0 Å². The minimum Gasteiger partial charge on any atom is -0.336 e. The fraction of sp³-hybridized carbons (Fsp3) is 0.350. The quantitative estimate of drug-likeness (QED) is 0.946. The van der Waals surface area contributed by atoms with Gasteiger partial charge in [-0.2, -0.15) is 0 Å². The molecule has 0 radical (unpaired) electrons. The van der Waals surface area contributed by atoms with Crippen molar-refractivity contribution in [3.05, 3.63) is 71.3 Å². The zero-order valence-corrected chi connectivity index (χ0v) is 13.6. The summed E-state index contributed by atoms with van der Waals surface area (Å²) < 4.78 is 0. The third-order valence-electron chi connectivity index (χ3n) is 4.65. The molecule has 3 rings (SSSR count). The summed E-state index contributed by atoms with van der Waals surface area (Å²) in [4.78, 5) is 14.6. The second-order valence-corrected chi connectivity index (χ2v) is 6.36. The molecule has 1 fully saturated rings. The number of carbonyl (C=O) groups is 1. The number of rotatable bonds is 3. The summed E-state index contributed by atoms with van der Waals surface area (Å²) >= 11 is 0. The average Bonchev–Trinajstić information content (AvgIpc) is 2.61. The van der Waals surface area contributed by atoms with E-state index in [2.05, 4.69) is 31.2 Å². The van der Waals surface area contributed by atoms with Crippen molar-refractivity contribution >= 4 is 5.91 Å². The van der Waals surface area contributed by atoms with Gasteiger partial charge in [0.05, 0.1) is 0 Å². The maximum absolute atomic E-state index is 12.7. The van der Waals surface area contributed by atoms with Gasteiger partial charge in [0.1, 0.15) is 0 Å². The number of aryl methyl sites for hydroxylation is 1. The van der Waals surface area contributed by atoms with Gasteiger partial charge in [-0.25, -0.2) is 0 Å². The van der Waals surface area contributed by atoms with E-state index in [1.165, 1.54) is 11.1 Å². The Balaban J connectivity index is 1.77. The van der Waals surface area contributed by atoms with Crippen LogP contribution in [0.3, 0.4) is 0 Å². The molecule has 2 aromatic carbocycles. The molecule has 1 aliphatic rings. The van der Waals surface area contributed by atoms with Crippen molar-refractivity contribution in [2.45, 2.75) is 31.7 Å². The summed E-state index contributed by atoms with van der Waals surface area (Å²) in [5.41, 5.74) is 9.59. The molecule has 0 aliphatic carbocycles. The lowest BCUT2D eigenvalue weighted by Crippen LogP contribution is -2.48. The first-order chi connectivity index (χ1) is 11.2. The monoisotopic (exact) mass is 308 g/mol. The van der Waals surface area contributed by atoms with Gasteiger partial charge in [-0.15, -0.1) is 0 Å². The van der Waals surface area contributed by atoms with Crippen molar-refractivity contribution < 1.29 is 4.79 Å². The van der Waals surface area contributed by atoms with E-state index in [1.807, 2.05) is 35.2 Å². The van der Waals surface area contributed by atoms with Gasteiger partial charge in [0.25, 0.3) is 5.91 Å². The molecule has 3 heteroatoms. The van der Waals surface area contributed by atoms with Crippen molar-refractivity contribution in [1.29, 1.82) is 0 Å². The molecule has 2 atom stereocenters. The van der Waals surface area contributed by atoms with E-state index in [0.717, 1.165) is 24.9 Å². The molecule has 0 spiro atoms. The Morgan fingerprint density at radius 3 is 2.43 bits per heavy atom. The zero-order chi connectivity index (χ0) is 16.2. The minimum atomic E-state index is 0.0345. The Bertz CT molecular complexity index is 651. The van der Waals surface area contributed by atoms with Crippen LogP contribution < -0.4 is 5.73 Å². The highest BCUT2D eigenvalue weighted by Crippen LogP contribution is 2.27. The van der Waals surface area contributed by atoms with Crippen molar-refractivity contribution in [3.8, 4) is 0 Å². The van der Waals surface area contributed by atoms with Crippen LogP contribution in [-0.4, -0.2) is 29.9 Å². The summed E-state index contributed by atoms with van der Waals surface area (Å²) in [7, 11) is 0. The van der Waals surface area contributed by atoms with Crippen LogP contribution in [-0.2, 0) is 6.42 Å². The number of carbonyl (C=O) groups excluding carboxylic acids is 1. The minimum absolute atomic E-state index is 0.0345. The van der Waals surface area contributed by atoms with Gasteiger partial charge in [-0.05, 0) is 36.1 Å². The van der Waals surface area contributed by atoms with Crippen LogP contribution in [0.15, 0.2) is 54.6 Å². The van der Waals surface area contributed by atoms with Crippen LogP contribution in [0.2, 0.25) is 0 Å². The van der Waals surface area contributed by atoms with Gasteiger partial charge < -0.3 is 10.6 Å². The van der Waals surface area contributed by atoms with Gasteiger partial charge in [0, 0.05) is 30.6 Å². The standard InChI is InChI=1S/C20H24N2O/c1-2-15-8-10-16(11-9-15)18-12-19(21)14-22(13-18)20(23)17-6-4-3-5-7-17/h3-11,18-19H,2,12-14,21H2,1H3. The predicted octanol–water partition coefficient (Wildman–Crippen LogP) is 3.21. The molecule has 2 aromatic rings. The van der Waals surface area contributed by atoms with Crippen LogP contribution in [0.5, 0.6) is 0 Å². The third kappa shape index (κ3) is 3.62. The van der Waals surface area contributed by atoms with E-state index in [1.54, 1.807) is 0 Å². The van der Waals surface area contributed by atoms with Crippen molar-refractivity contribution in [2.75, 3.05) is 13.1 Å². The molecule has 1 heterocycles. The van der Waals surface area contributed by atoms with Crippen molar-refractivity contribution in [2.24, 2.45) is 5.73 Å². The maximum atomic E-state index is 12.7. The summed E-state index contributed by atoms with van der Waals surface area (Å²) in [6, 6.07) is 18.2. The van der Waals surface area contributed by atoms with Gasteiger partial charge in [0.2, 0.25) is 0 Å². The Hall–Kier alpha value is -2.13. The molecule has 1 saturated heterocycles. The number of likely N-dealkylation sites (tertiary alicyclic amines) is 1. The molecule has 2 unspecified atom stereocenters. The lowest BCUT2D eigenvalue weighted by atomic mass is 9.87. The molecule has 1 amide bonds. The van der Waals surface area contributed by atoms with E-state index < -0.39 is 0 Å². The first-order valence-corrected chi connectivity index (χ1v) is 8.36. The molecule has 1 aliphatic heterocycles. The molecule has 2 N–H and O–H groups in total. The lowest BCUT2D eigenvalue weighted by molar-refractivity contribution is 0.0689. The van der Waals surface area contributed by atoms with E-state index in [4.69, 9.17) is 5.73 Å². The Kier molecular flexibility index (Phi) is 4.77. The molecule has 0 aromatic heterocycles. The van der Waals surface area contributed by atoms with E-state index in [9.17, 15) is 4.79 Å². The van der Waals surface area contributed by atoms with E-state index in [0.29, 0.717) is 12.5 Å². The van der Waals surface area contributed by atoms with Gasteiger partial charge in [0.15, 0.2) is 0 Å². The predicted molar refractivity (Wildman–Crippen MR) is 93.5 cm³/mol. The number of benzene rings is 2. The Morgan fingerprint density at radius 1 is 1.09 bits per heavy atom. The smallest absolute Gasteiger partial charge is 0.253 e. The van der Waals surface area contributed by atoms with Crippen molar-refractivity contribution in [1.82, 2.24) is 4.90 Å². The highest BCUT2D eigenvalue weighted by atomic mass is 16.2. The number of hydrogen-bond acceptors (Lipinski definition) is 2. The lowest BCUT2D eigenvalue weighted by Gasteiger charge is -2.36. The highest BCUT2D eigenvalue weighted by molar-refractivity contribution is 5.94. The molecule has 0 bridgehead atoms.